The fraction of sp³-hybridized carbons (Fsp3) is 0.273. The van der Waals surface area contributed by atoms with Gasteiger partial charge in [-0.05, 0) is 23.3 Å². The molecule has 0 radical (unpaired) electrons. The van der Waals surface area contributed by atoms with Crippen LogP contribution >= 0.6 is 0 Å². The van der Waals surface area contributed by atoms with Gasteiger partial charge in [0.15, 0.2) is 0 Å². The first kappa shape index (κ1) is 9.69. The average molecular weight is 201 g/mol. The number of hydrogen-bond acceptors (Lipinski definition) is 3. The summed E-state index contributed by atoms with van der Waals surface area (Å²) in [5.74, 6) is -0.189. The van der Waals surface area contributed by atoms with E-state index in [0.717, 1.165) is 13.1 Å². The molecule has 0 saturated heterocycles. The second kappa shape index (κ2) is 4.11. The highest BCUT2D eigenvalue weighted by molar-refractivity contribution is 5.94. The molecule has 0 atom stereocenters. The molecule has 1 aliphatic rings. The Bertz CT molecular complexity index is 434. The SMILES string of the molecule is N#CCNC(=O)c1ccc2c(c1)CNC2. The van der Waals surface area contributed by atoms with E-state index in [-0.39, 0.29) is 12.5 Å². The zero-order valence-corrected chi connectivity index (χ0v) is 8.21. The van der Waals surface area contributed by atoms with Gasteiger partial charge in [-0.15, -0.1) is 0 Å². The number of carbonyl (C=O) groups is 1. The lowest BCUT2D eigenvalue weighted by atomic mass is 10.1. The standard InChI is InChI=1S/C11H11N3O/c12-3-4-14-11(15)8-1-2-9-6-13-7-10(9)5-8/h1-2,5,13H,4,6-7H2,(H,14,15). The smallest absolute Gasteiger partial charge is 0.252 e. The average Bonchev–Trinajstić information content (AvgIpc) is 2.72. The van der Waals surface area contributed by atoms with Crippen molar-refractivity contribution in [3.05, 3.63) is 34.9 Å². The summed E-state index contributed by atoms with van der Waals surface area (Å²) in [5.41, 5.74) is 3.03. The molecule has 1 amide bonds. The molecule has 1 aromatic carbocycles. The van der Waals surface area contributed by atoms with Crippen molar-refractivity contribution in [1.29, 1.82) is 5.26 Å². The lowest BCUT2D eigenvalue weighted by molar-refractivity contribution is 0.0958. The van der Waals surface area contributed by atoms with Crippen LogP contribution in [0.2, 0.25) is 0 Å². The molecule has 1 heterocycles. The zero-order chi connectivity index (χ0) is 10.7. The van der Waals surface area contributed by atoms with Crippen molar-refractivity contribution in [2.45, 2.75) is 13.1 Å². The summed E-state index contributed by atoms with van der Waals surface area (Å²) in [6.45, 7) is 1.73. The van der Waals surface area contributed by atoms with E-state index in [0.29, 0.717) is 5.56 Å². The van der Waals surface area contributed by atoms with Crippen LogP contribution in [0.1, 0.15) is 21.5 Å². The summed E-state index contributed by atoms with van der Waals surface area (Å²) in [6.07, 6.45) is 0. The molecule has 2 N–H and O–H groups in total. The maximum Gasteiger partial charge on any atom is 0.252 e. The van der Waals surface area contributed by atoms with Gasteiger partial charge in [0.1, 0.15) is 6.54 Å². The molecule has 2 rings (SSSR count). The molecule has 15 heavy (non-hydrogen) atoms. The van der Waals surface area contributed by atoms with Crippen molar-refractivity contribution in [2.75, 3.05) is 6.54 Å². The van der Waals surface area contributed by atoms with Gasteiger partial charge in [-0.25, -0.2) is 0 Å². The number of nitriles is 1. The predicted octanol–water partition coefficient (Wildman–Crippen LogP) is 0.543. The highest BCUT2D eigenvalue weighted by Gasteiger charge is 2.12. The normalized spacial score (nSPS) is 13.0. The van der Waals surface area contributed by atoms with Crippen LogP contribution in [-0.2, 0) is 13.1 Å². The molecule has 0 spiro atoms. The maximum atomic E-state index is 11.5. The molecular formula is C11H11N3O. The Morgan fingerprint density at radius 3 is 3.07 bits per heavy atom. The number of carbonyl (C=O) groups excluding carboxylic acids is 1. The number of hydrogen-bond donors (Lipinski definition) is 2. The number of nitrogens with zero attached hydrogens (tertiary/aromatic N) is 1. The van der Waals surface area contributed by atoms with Crippen molar-refractivity contribution in [2.24, 2.45) is 0 Å². The van der Waals surface area contributed by atoms with E-state index in [4.69, 9.17) is 5.26 Å². The minimum atomic E-state index is -0.189. The maximum absolute atomic E-state index is 11.5. The third-order valence-corrected chi connectivity index (χ3v) is 2.43. The van der Waals surface area contributed by atoms with E-state index in [2.05, 4.69) is 10.6 Å². The second-order valence-electron chi connectivity index (χ2n) is 3.43. The van der Waals surface area contributed by atoms with E-state index in [1.165, 1.54) is 11.1 Å². The van der Waals surface area contributed by atoms with Crippen LogP contribution in [0.3, 0.4) is 0 Å². The number of nitrogens with one attached hydrogen (secondary N) is 2. The van der Waals surface area contributed by atoms with Gasteiger partial charge in [-0.3, -0.25) is 4.79 Å². The Hall–Kier alpha value is -1.86. The van der Waals surface area contributed by atoms with Crippen LogP contribution in [0.5, 0.6) is 0 Å². The molecule has 4 nitrogen and oxygen atoms in total. The van der Waals surface area contributed by atoms with Crippen LogP contribution in [0.15, 0.2) is 18.2 Å². The van der Waals surface area contributed by atoms with E-state index in [1.807, 2.05) is 18.2 Å². The van der Waals surface area contributed by atoms with Gasteiger partial charge in [0.05, 0.1) is 6.07 Å². The number of amides is 1. The minimum Gasteiger partial charge on any atom is -0.339 e. The molecule has 4 heteroatoms. The van der Waals surface area contributed by atoms with Gasteiger partial charge in [0, 0.05) is 18.7 Å². The van der Waals surface area contributed by atoms with E-state index >= 15 is 0 Å². The molecule has 0 aromatic heterocycles. The fourth-order valence-corrected chi connectivity index (χ4v) is 1.66. The van der Waals surface area contributed by atoms with E-state index < -0.39 is 0 Å². The summed E-state index contributed by atoms with van der Waals surface area (Å²) in [4.78, 5) is 11.5. The second-order valence-corrected chi connectivity index (χ2v) is 3.43. The van der Waals surface area contributed by atoms with Crippen LogP contribution in [0, 0.1) is 11.3 Å². The highest BCUT2D eigenvalue weighted by atomic mass is 16.1. The summed E-state index contributed by atoms with van der Waals surface area (Å²) in [6, 6.07) is 7.50. The van der Waals surface area contributed by atoms with Gasteiger partial charge in [0.25, 0.3) is 5.91 Å². The Labute approximate surface area is 87.9 Å². The predicted molar refractivity (Wildman–Crippen MR) is 54.9 cm³/mol. The lowest BCUT2D eigenvalue weighted by Crippen LogP contribution is -2.23. The molecule has 0 saturated carbocycles. The zero-order valence-electron chi connectivity index (χ0n) is 8.21. The Morgan fingerprint density at radius 1 is 1.47 bits per heavy atom. The molecule has 0 aliphatic carbocycles. The van der Waals surface area contributed by atoms with Crippen molar-refractivity contribution in [1.82, 2.24) is 10.6 Å². The molecule has 0 unspecified atom stereocenters. The first-order valence-electron chi connectivity index (χ1n) is 4.79. The molecule has 0 bridgehead atoms. The quantitative estimate of drug-likeness (QED) is 0.686. The molecule has 1 aromatic rings. The van der Waals surface area contributed by atoms with Gasteiger partial charge in [0.2, 0.25) is 0 Å². The van der Waals surface area contributed by atoms with Crippen molar-refractivity contribution in [3.63, 3.8) is 0 Å². The molecule has 0 fully saturated rings. The summed E-state index contributed by atoms with van der Waals surface area (Å²) in [7, 11) is 0. The van der Waals surface area contributed by atoms with Crippen LogP contribution in [-0.4, -0.2) is 12.5 Å². The Kier molecular flexibility index (Phi) is 2.66. The number of benzene rings is 1. The minimum absolute atomic E-state index is 0.0498. The summed E-state index contributed by atoms with van der Waals surface area (Å²) in [5, 5.41) is 14.1. The first-order valence-corrected chi connectivity index (χ1v) is 4.79. The molecule has 76 valence electrons. The number of rotatable bonds is 2. The third kappa shape index (κ3) is 1.97. The Balaban J connectivity index is 2.16. The van der Waals surface area contributed by atoms with Gasteiger partial charge in [-0.1, -0.05) is 6.07 Å². The first-order chi connectivity index (χ1) is 7.31. The largest absolute Gasteiger partial charge is 0.339 e. The third-order valence-electron chi connectivity index (χ3n) is 2.43. The fourth-order valence-electron chi connectivity index (χ4n) is 1.66. The summed E-state index contributed by atoms with van der Waals surface area (Å²) >= 11 is 0. The number of fused-ring (bicyclic) bond motifs is 1. The van der Waals surface area contributed by atoms with Gasteiger partial charge in [-0.2, -0.15) is 5.26 Å². The van der Waals surface area contributed by atoms with Crippen LogP contribution in [0.4, 0.5) is 0 Å². The van der Waals surface area contributed by atoms with Crippen LogP contribution in [0.25, 0.3) is 0 Å². The van der Waals surface area contributed by atoms with E-state index in [9.17, 15) is 4.79 Å². The molecular weight excluding hydrogens is 190 g/mol. The van der Waals surface area contributed by atoms with Gasteiger partial charge < -0.3 is 10.6 Å². The Morgan fingerprint density at radius 2 is 2.27 bits per heavy atom. The van der Waals surface area contributed by atoms with Crippen molar-refractivity contribution in [3.8, 4) is 6.07 Å². The van der Waals surface area contributed by atoms with Crippen LogP contribution < -0.4 is 10.6 Å². The lowest BCUT2D eigenvalue weighted by Gasteiger charge is -2.03. The highest BCUT2D eigenvalue weighted by Crippen LogP contribution is 2.16. The summed E-state index contributed by atoms with van der Waals surface area (Å²) < 4.78 is 0. The van der Waals surface area contributed by atoms with Gasteiger partial charge >= 0.3 is 0 Å². The monoisotopic (exact) mass is 201 g/mol. The van der Waals surface area contributed by atoms with Crippen molar-refractivity contribution >= 4 is 5.91 Å². The topological polar surface area (TPSA) is 64.9 Å². The molecule has 1 aliphatic heterocycles. The van der Waals surface area contributed by atoms with E-state index in [1.54, 1.807) is 6.07 Å². The van der Waals surface area contributed by atoms with Crippen molar-refractivity contribution < 1.29 is 4.79 Å².